The van der Waals surface area contributed by atoms with Crippen molar-refractivity contribution in [3.8, 4) is 0 Å². The molecule has 0 saturated heterocycles. The minimum atomic E-state index is -1.88. The zero-order valence-electron chi connectivity index (χ0n) is 34.0. The summed E-state index contributed by atoms with van der Waals surface area (Å²) in [6.07, 6.45) is -1.15. The molecule has 0 aliphatic carbocycles. The van der Waals surface area contributed by atoms with Gasteiger partial charge in [-0.05, 0) is 76.2 Å². The number of carbonyl (C=O) groups excluding carboxylic acids is 6. The molecule has 0 spiro atoms. The van der Waals surface area contributed by atoms with Crippen molar-refractivity contribution in [2.24, 2.45) is 16.2 Å². The number of hydrogen-bond acceptors (Lipinski definition) is 16. The number of ether oxygens (including phenoxy) is 8. The van der Waals surface area contributed by atoms with Crippen LogP contribution in [0.4, 0.5) is 0 Å². The second-order valence-corrected chi connectivity index (χ2v) is 24.3. The topological polar surface area (TPSA) is 217 Å². The highest BCUT2D eigenvalue weighted by Gasteiger charge is 2.46. The van der Waals surface area contributed by atoms with Crippen molar-refractivity contribution in [3.63, 3.8) is 0 Å². The number of carbonyl (C=O) groups is 6. The van der Waals surface area contributed by atoms with Gasteiger partial charge in [0.2, 0.25) is 0 Å². The standard InChI is InChI=1S/C36H58Br4O16/c1-30(2,37)16-50-17-34(9,18-52-24(43)31(3,4)38)28(47)55-21-35(10,27(46)51-13-12-49-15-23(42)14-41)22-56-29(48)36(11,19-53-25(44)32(5,6)39)20-54-26(45)33(7,8)40/h23,41-42H,12-22H2,1-11H3. The van der Waals surface area contributed by atoms with Crippen LogP contribution in [0.3, 0.4) is 0 Å². The van der Waals surface area contributed by atoms with Gasteiger partial charge in [0.1, 0.15) is 75.0 Å². The molecule has 2 N–H and O–H groups in total. The SMILES string of the molecule is CC(C)(Br)COCC(C)(COC(=O)C(C)(C)Br)C(=O)OCC(C)(COC(=O)C(C)(COC(=O)C(C)(C)Br)COC(=O)C(C)(C)Br)C(=O)OCCOCC(O)CO. The summed E-state index contributed by atoms with van der Waals surface area (Å²) in [4.78, 5) is 78.9. The molecule has 326 valence electrons. The Labute approximate surface area is 362 Å². The maximum absolute atomic E-state index is 13.8. The van der Waals surface area contributed by atoms with E-state index in [2.05, 4.69) is 63.7 Å². The molecule has 20 heteroatoms. The van der Waals surface area contributed by atoms with Gasteiger partial charge in [-0.2, -0.15) is 0 Å². The molecule has 0 aromatic heterocycles. The minimum Gasteiger partial charge on any atom is -0.464 e. The smallest absolute Gasteiger partial charge is 0.322 e. The Kier molecular flexibility index (Phi) is 22.2. The lowest BCUT2D eigenvalue weighted by atomic mass is 9.90. The summed E-state index contributed by atoms with van der Waals surface area (Å²) in [6, 6.07) is 0. The molecular weight excluding hydrogens is 1010 g/mol. The fourth-order valence-electron chi connectivity index (χ4n) is 3.62. The lowest BCUT2D eigenvalue weighted by Crippen LogP contribution is -2.47. The molecule has 0 aromatic carbocycles. The van der Waals surface area contributed by atoms with Crippen LogP contribution in [-0.2, 0) is 66.7 Å². The summed E-state index contributed by atoms with van der Waals surface area (Å²) in [5.41, 5.74) is -5.24. The van der Waals surface area contributed by atoms with Gasteiger partial charge in [-0.1, -0.05) is 63.7 Å². The van der Waals surface area contributed by atoms with Crippen molar-refractivity contribution < 1.29 is 76.9 Å². The monoisotopic (exact) mass is 1060 g/mol. The third kappa shape index (κ3) is 20.5. The summed E-state index contributed by atoms with van der Waals surface area (Å²) in [6.45, 7) is 12.6. The molecule has 0 aromatic rings. The number of aliphatic hydroxyl groups is 2. The highest BCUT2D eigenvalue weighted by atomic mass is 79.9. The highest BCUT2D eigenvalue weighted by Crippen LogP contribution is 2.30. The van der Waals surface area contributed by atoms with Crippen LogP contribution in [0, 0.1) is 16.2 Å². The average molecular weight is 1070 g/mol. The average Bonchev–Trinajstić information content (AvgIpc) is 3.07. The quantitative estimate of drug-likeness (QED) is 0.0533. The molecule has 56 heavy (non-hydrogen) atoms. The van der Waals surface area contributed by atoms with Crippen LogP contribution in [-0.4, -0.2) is 142 Å². The van der Waals surface area contributed by atoms with Gasteiger partial charge < -0.3 is 48.1 Å². The number of aliphatic hydroxyl groups excluding tert-OH is 2. The lowest BCUT2D eigenvalue weighted by molar-refractivity contribution is -0.182. The van der Waals surface area contributed by atoms with Crippen molar-refractivity contribution in [1.29, 1.82) is 0 Å². The maximum atomic E-state index is 13.8. The first kappa shape index (κ1) is 54.6. The summed E-state index contributed by atoms with van der Waals surface area (Å²) in [5, 5.41) is 18.5. The van der Waals surface area contributed by atoms with E-state index in [4.69, 9.17) is 43.0 Å². The van der Waals surface area contributed by atoms with Crippen LogP contribution in [0.25, 0.3) is 0 Å². The molecule has 0 heterocycles. The molecule has 0 saturated carbocycles. The molecule has 0 bridgehead atoms. The molecular formula is C36H58Br4O16. The Balaban J connectivity index is 6.48. The Morgan fingerprint density at radius 2 is 0.750 bits per heavy atom. The zero-order chi connectivity index (χ0) is 44.0. The summed E-state index contributed by atoms with van der Waals surface area (Å²) < 4.78 is 40.0. The number of hydrogen-bond donors (Lipinski definition) is 2. The van der Waals surface area contributed by atoms with Crippen LogP contribution in [0.5, 0.6) is 0 Å². The van der Waals surface area contributed by atoms with Gasteiger partial charge in [0.25, 0.3) is 0 Å². The predicted octanol–water partition coefficient (Wildman–Crippen LogP) is 4.34. The van der Waals surface area contributed by atoms with Gasteiger partial charge in [-0.15, -0.1) is 0 Å². The first-order valence-electron chi connectivity index (χ1n) is 17.5. The van der Waals surface area contributed by atoms with Crippen molar-refractivity contribution >= 4 is 99.5 Å². The molecule has 0 aliphatic heterocycles. The fourth-order valence-corrected chi connectivity index (χ4v) is 4.13. The van der Waals surface area contributed by atoms with E-state index >= 15 is 0 Å². The van der Waals surface area contributed by atoms with E-state index in [0.29, 0.717) is 0 Å². The van der Waals surface area contributed by atoms with Gasteiger partial charge >= 0.3 is 35.8 Å². The van der Waals surface area contributed by atoms with Crippen molar-refractivity contribution in [2.75, 3.05) is 72.7 Å². The third-order valence-corrected chi connectivity index (χ3v) is 8.59. The zero-order valence-corrected chi connectivity index (χ0v) is 40.3. The van der Waals surface area contributed by atoms with Crippen LogP contribution >= 0.6 is 63.7 Å². The fraction of sp³-hybridized carbons (Fsp3) is 0.833. The Morgan fingerprint density at radius 1 is 0.446 bits per heavy atom. The Bertz CT molecular complexity index is 1300. The summed E-state index contributed by atoms with van der Waals surface area (Å²) in [7, 11) is 0. The van der Waals surface area contributed by atoms with Crippen molar-refractivity contribution in [2.45, 2.75) is 99.6 Å². The van der Waals surface area contributed by atoms with E-state index in [1.165, 1.54) is 48.5 Å². The van der Waals surface area contributed by atoms with Crippen molar-refractivity contribution in [3.05, 3.63) is 0 Å². The first-order chi connectivity index (χ1) is 25.2. The largest absolute Gasteiger partial charge is 0.464 e. The second kappa shape index (κ2) is 22.8. The normalized spacial score (nSPS) is 15.4. The van der Waals surface area contributed by atoms with Gasteiger partial charge in [-0.3, -0.25) is 28.8 Å². The molecule has 16 nitrogen and oxygen atoms in total. The molecule has 0 fully saturated rings. The highest BCUT2D eigenvalue weighted by molar-refractivity contribution is 9.10. The predicted molar refractivity (Wildman–Crippen MR) is 217 cm³/mol. The third-order valence-electron chi connectivity index (χ3n) is 7.39. The van der Waals surface area contributed by atoms with E-state index in [9.17, 15) is 33.9 Å². The second-order valence-electron chi connectivity index (χ2n) is 16.2. The summed E-state index contributed by atoms with van der Waals surface area (Å²) >= 11 is 13.1. The molecule has 0 radical (unpaired) electrons. The van der Waals surface area contributed by atoms with Crippen molar-refractivity contribution in [1.82, 2.24) is 0 Å². The van der Waals surface area contributed by atoms with Crippen LogP contribution in [0.1, 0.15) is 76.2 Å². The minimum absolute atomic E-state index is 0.162. The van der Waals surface area contributed by atoms with E-state index in [-0.39, 0.29) is 33.0 Å². The maximum Gasteiger partial charge on any atom is 0.322 e. The molecule has 3 atom stereocenters. The molecule has 0 rings (SSSR count). The number of halogens is 4. The van der Waals surface area contributed by atoms with E-state index < -0.39 is 115 Å². The first-order valence-corrected chi connectivity index (χ1v) is 20.6. The van der Waals surface area contributed by atoms with E-state index in [0.717, 1.165) is 0 Å². The Hall–Kier alpha value is -1.42. The lowest BCUT2D eigenvalue weighted by Gasteiger charge is -2.33. The van der Waals surface area contributed by atoms with Gasteiger partial charge in [0.05, 0.1) is 33.0 Å². The number of alkyl halides is 4. The van der Waals surface area contributed by atoms with Crippen LogP contribution in [0.15, 0.2) is 0 Å². The Morgan fingerprint density at radius 3 is 1.05 bits per heavy atom. The van der Waals surface area contributed by atoms with Gasteiger partial charge in [0.15, 0.2) is 0 Å². The molecule has 0 aliphatic rings. The van der Waals surface area contributed by atoms with Gasteiger partial charge in [-0.25, -0.2) is 0 Å². The van der Waals surface area contributed by atoms with Crippen LogP contribution < -0.4 is 0 Å². The number of rotatable bonds is 26. The van der Waals surface area contributed by atoms with Crippen LogP contribution in [0.2, 0.25) is 0 Å². The van der Waals surface area contributed by atoms with Gasteiger partial charge in [0, 0.05) is 4.32 Å². The number of esters is 6. The summed E-state index contributed by atoms with van der Waals surface area (Å²) in [5.74, 6) is -5.06. The van der Waals surface area contributed by atoms with E-state index in [1.54, 1.807) is 13.8 Å². The molecule has 3 unspecified atom stereocenters. The molecule has 0 amide bonds. The van der Waals surface area contributed by atoms with E-state index in [1.807, 2.05) is 13.8 Å².